The maximum Gasteiger partial charge on any atom is 0.0818 e. The standard InChI is InChI=1S/C16H20ClN3/c1-11(2)20-16(15(17)10-19-20)7-13-9-18-8-12-5-3-4-6-14(12)13/h3-6,10-11,13,18H,7-9H2,1-2H3. The van der Waals surface area contributed by atoms with Gasteiger partial charge in [0.1, 0.15) is 0 Å². The number of hydrogen-bond acceptors (Lipinski definition) is 2. The molecule has 0 aliphatic carbocycles. The van der Waals surface area contributed by atoms with Gasteiger partial charge in [-0.25, -0.2) is 0 Å². The number of halogens is 1. The van der Waals surface area contributed by atoms with Gasteiger partial charge in [0, 0.05) is 25.0 Å². The second-order valence-electron chi connectivity index (χ2n) is 5.71. The van der Waals surface area contributed by atoms with Crippen LogP contribution in [-0.4, -0.2) is 16.3 Å². The molecule has 1 aliphatic rings. The van der Waals surface area contributed by atoms with E-state index in [1.165, 1.54) is 11.1 Å². The summed E-state index contributed by atoms with van der Waals surface area (Å²) in [6.07, 6.45) is 2.69. The van der Waals surface area contributed by atoms with Crippen molar-refractivity contribution in [2.45, 2.75) is 38.8 Å². The molecule has 3 nitrogen and oxygen atoms in total. The van der Waals surface area contributed by atoms with Crippen molar-refractivity contribution in [3.05, 3.63) is 52.3 Å². The molecule has 0 saturated heterocycles. The van der Waals surface area contributed by atoms with E-state index in [2.05, 4.69) is 48.5 Å². The summed E-state index contributed by atoms with van der Waals surface area (Å²) in [5.41, 5.74) is 3.99. The summed E-state index contributed by atoms with van der Waals surface area (Å²) in [6.45, 7) is 6.24. The molecular weight excluding hydrogens is 270 g/mol. The number of hydrogen-bond donors (Lipinski definition) is 1. The third-order valence-electron chi connectivity index (χ3n) is 3.98. The molecular formula is C16H20ClN3. The minimum Gasteiger partial charge on any atom is -0.312 e. The highest BCUT2D eigenvalue weighted by atomic mass is 35.5. The molecule has 1 aliphatic heterocycles. The molecule has 20 heavy (non-hydrogen) atoms. The van der Waals surface area contributed by atoms with E-state index < -0.39 is 0 Å². The van der Waals surface area contributed by atoms with Crippen LogP contribution in [0.1, 0.15) is 42.6 Å². The maximum atomic E-state index is 6.33. The molecule has 1 aromatic heterocycles. The van der Waals surface area contributed by atoms with E-state index in [1.807, 2.05) is 4.68 Å². The lowest BCUT2D eigenvalue weighted by Crippen LogP contribution is -2.30. The SMILES string of the molecule is CC(C)n1ncc(Cl)c1CC1CNCc2ccccc21. The first-order chi connectivity index (χ1) is 9.66. The Labute approximate surface area is 124 Å². The van der Waals surface area contributed by atoms with Crippen molar-refractivity contribution in [1.82, 2.24) is 15.1 Å². The monoisotopic (exact) mass is 289 g/mol. The van der Waals surface area contributed by atoms with Crippen LogP contribution in [0.15, 0.2) is 30.5 Å². The Bertz CT molecular complexity index is 604. The first kappa shape index (κ1) is 13.7. The first-order valence-electron chi connectivity index (χ1n) is 7.17. The van der Waals surface area contributed by atoms with Gasteiger partial charge in [0.15, 0.2) is 0 Å². The molecule has 0 saturated carbocycles. The minimum absolute atomic E-state index is 0.337. The Morgan fingerprint density at radius 3 is 3.00 bits per heavy atom. The first-order valence-corrected chi connectivity index (χ1v) is 7.55. The van der Waals surface area contributed by atoms with Crippen LogP contribution in [0.3, 0.4) is 0 Å². The number of nitrogens with zero attached hydrogens (tertiary/aromatic N) is 2. The largest absolute Gasteiger partial charge is 0.312 e. The fourth-order valence-corrected chi connectivity index (χ4v) is 3.21. The summed E-state index contributed by atoms with van der Waals surface area (Å²) < 4.78 is 2.04. The molecule has 0 amide bonds. The van der Waals surface area contributed by atoms with Crippen molar-refractivity contribution in [2.24, 2.45) is 0 Å². The quantitative estimate of drug-likeness (QED) is 0.936. The maximum absolute atomic E-state index is 6.33. The molecule has 0 fully saturated rings. The van der Waals surface area contributed by atoms with Crippen LogP contribution in [0, 0.1) is 0 Å². The van der Waals surface area contributed by atoms with Crippen molar-refractivity contribution >= 4 is 11.6 Å². The second kappa shape index (κ2) is 5.58. The molecule has 3 rings (SSSR count). The summed E-state index contributed by atoms with van der Waals surface area (Å²) >= 11 is 6.33. The van der Waals surface area contributed by atoms with Crippen molar-refractivity contribution in [3.63, 3.8) is 0 Å². The fraction of sp³-hybridized carbons (Fsp3) is 0.438. The van der Waals surface area contributed by atoms with E-state index in [4.69, 9.17) is 11.6 Å². The zero-order chi connectivity index (χ0) is 14.1. The number of fused-ring (bicyclic) bond motifs is 1. The topological polar surface area (TPSA) is 29.9 Å². The Kier molecular flexibility index (Phi) is 3.81. The van der Waals surface area contributed by atoms with Crippen LogP contribution in [0.4, 0.5) is 0 Å². The molecule has 2 heterocycles. The third-order valence-corrected chi connectivity index (χ3v) is 4.29. The van der Waals surface area contributed by atoms with Crippen LogP contribution in [0.25, 0.3) is 0 Å². The van der Waals surface area contributed by atoms with Gasteiger partial charge in [-0.3, -0.25) is 4.68 Å². The van der Waals surface area contributed by atoms with Crippen molar-refractivity contribution < 1.29 is 0 Å². The Balaban J connectivity index is 1.91. The van der Waals surface area contributed by atoms with Gasteiger partial charge < -0.3 is 5.32 Å². The lowest BCUT2D eigenvalue weighted by molar-refractivity contribution is 0.477. The van der Waals surface area contributed by atoms with Crippen LogP contribution >= 0.6 is 11.6 Å². The average Bonchev–Trinajstić information content (AvgIpc) is 2.81. The summed E-state index contributed by atoms with van der Waals surface area (Å²) in [6, 6.07) is 9.01. The van der Waals surface area contributed by atoms with Crippen LogP contribution in [-0.2, 0) is 13.0 Å². The van der Waals surface area contributed by atoms with Crippen molar-refractivity contribution in [2.75, 3.05) is 6.54 Å². The number of aromatic nitrogens is 2. The zero-order valence-corrected chi connectivity index (χ0v) is 12.7. The average molecular weight is 290 g/mol. The smallest absolute Gasteiger partial charge is 0.0818 e. The Morgan fingerprint density at radius 2 is 2.20 bits per heavy atom. The predicted molar refractivity (Wildman–Crippen MR) is 82.2 cm³/mol. The van der Waals surface area contributed by atoms with E-state index in [-0.39, 0.29) is 0 Å². The third kappa shape index (κ3) is 2.48. The predicted octanol–water partition coefficient (Wildman–Crippen LogP) is 3.55. The normalized spacial score (nSPS) is 18.3. The van der Waals surface area contributed by atoms with Gasteiger partial charge in [-0.15, -0.1) is 0 Å². The van der Waals surface area contributed by atoms with Gasteiger partial charge in [-0.05, 0) is 31.4 Å². The molecule has 4 heteroatoms. The van der Waals surface area contributed by atoms with Crippen LogP contribution in [0.2, 0.25) is 5.02 Å². The van der Waals surface area contributed by atoms with Gasteiger partial charge in [0.2, 0.25) is 0 Å². The fourth-order valence-electron chi connectivity index (χ4n) is 3.00. The molecule has 2 aromatic rings. The lowest BCUT2D eigenvalue weighted by atomic mass is 9.87. The van der Waals surface area contributed by atoms with E-state index in [0.717, 1.165) is 30.2 Å². The number of rotatable bonds is 3. The highest BCUT2D eigenvalue weighted by Gasteiger charge is 2.23. The van der Waals surface area contributed by atoms with Crippen molar-refractivity contribution in [1.29, 1.82) is 0 Å². The Morgan fingerprint density at radius 1 is 1.40 bits per heavy atom. The second-order valence-corrected chi connectivity index (χ2v) is 6.12. The molecule has 1 aromatic carbocycles. The molecule has 0 bridgehead atoms. The molecule has 1 atom stereocenters. The summed E-state index contributed by atoms with van der Waals surface area (Å²) in [5, 5.41) is 8.68. The Hall–Kier alpha value is -1.32. The van der Waals surface area contributed by atoms with Gasteiger partial charge in [0.25, 0.3) is 0 Å². The summed E-state index contributed by atoms with van der Waals surface area (Å²) in [4.78, 5) is 0. The van der Waals surface area contributed by atoms with Gasteiger partial charge in [-0.1, -0.05) is 35.9 Å². The minimum atomic E-state index is 0.337. The molecule has 1 N–H and O–H groups in total. The van der Waals surface area contributed by atoms with E-state index >= 15 is 0 Å². The van der Waals surface area contributed by atoms with Gasteiger partial charge >= 0.3 is 0 Å². The zero-order valence-electron chi connectivity index (χ0n) is 11.9. The molecule has 0 radical (unpaired) electrons. The highest BCUT2D eigenvalue weighted by molar-refractivity contribution is 6.31. The summed E-state index contributed by atoms with van der Waals surface area (Å²) in [7, 11) is 0. The van der Waals surface area contributed by atoms with Crippen molar-refractivity contribution in [3.8, 4) is 0 Å². The van der Waals surface area contributed by atoms with E-state index in [1.54, 1.807) is 6.20 Å². The highest BCUT2D eigenvalue weighted by Crippen LogP contribution is 2.30. The summed E-state index contributed by atoms with van der Waals surface area (Å²) in [5.74, 6) is 0.464. The van der Waals surface area contributed by atoms with Crippen LogP contribution in [0.5, 0.6) is 0 Å². The molecule has 1 unspecified atom stereocenters. The van der Waals surface area contributed by atoms with Gasteiger partial charge in [0.05, 0.1) is 16.9 Å². The lowest BCUT2D eigenvalue weighted by Gasteiger charge is -2.27. The van der Waals surface area contributed by atoms with E-state index in [0.29, 0.717) is 12.0 Å². The molecule has 0 spiro atoms. The van der Waals surface area contributed by atoms with Gasteiger partial charge in [-0.2, -0.15) is 5.10 Å². The van der Waals surface area contributed by atoms with E-state index in [9.17, 15) is 0 Å². The number of benzene rings is 1. The molecule has 106 valence electrons. The van der Waals surface area contributed by atoms with Crippen LogP contribution < -0.4 is 5.32 Å². The number of nitrogens with one attached hydrogen (secondary N) is 1.